The molecule has 4 aromatic carbocycles. The molecule has 0 spiro atoms. The Bertz CT molecular complexity index is 1260. The third kappa shape index (κ3) is 3.05. The van der Waals surface area contributed by atoms with Gasteiger partial charge in [0.2, 0.25) is 0 Å². The fraction of sp³-hybridized carbons (Fsp3) is 0.120. The molecule has 0 atom stereocenters. The zero-order valence-electron chi connectivity index (χ0n) is 16.4. The number of nitrogen functional groups attached to an aromatic ring is 1. The summed E-state index contributed by atoms with van der Waals surface area (Å²) in [5, 5.41) is 7.27. The molecule has 0 aromatic heterocycles. The van der Waals surface area contributed by atoms with Crippen molar-refractivity contribution in [3.05, 3.63) is 83.9 Å². The van der Waals surface area contributed by atoms with Gasteiger partial charge in [0.15, 0.2) is 0 Å². The highest BCUT2D eigenvalue weighted by Crippen LogP contribution is 2.30. The van der Waals surface area contributed by atoms with Crippen LogP contribution >= 0.6 is 0 Å². The van der Waals surface area contributed by atoms with Gasteiger partial charge in [-0.1, -0.05) is 36.4 Å². The smallest absolute Gasteiger partial charge is 0.261 e. The third-order valence-corrected chi connectivity index (χ3v) is 5.61. The van der Waals surface area contributed by atoms with Gasteiger partial charge in [-0.2, -0.15) is 0 Å². The van der Waals surface area contributed by atoms with Crippen molar-refractivity contribution < 1.29 is 9.59 Å². The molecule has 5 nitrogen and oxygen atoms in total. The molecule has 0 fully saturated rings. The Morgan fingerprint density at radius 3 is 2.17 bits per heavy atom. The summed E-state index contributed by atoms with van der Waals surface area (Å²) in [6.07, 6.45) is 0.662. The van der Waals surface area contributed by atoms with Crippen LogP contribution in [0.1, 0.15) is 27.1 Å². The fourth-order valence-corrected chi connectivity index (χ4v) is 4.13. The van der Waals surface area contributed by atoms with Crippen molar-refractivity contribution in [3.63, 3.8) is 0 Å². The van der Waals surface area contributed by atoms with Gasteiger partial charge in [0.05, 0.1) is 0 Å². The van der Waals surface area contributed by atoms with Gasteiger partial charge in [-0.15, -0.1) is 0 Å². The fourth-order valence-electron chi connectivity index (χ4n) is 4.13. The van der Waals surface area contributed by atoms with E-state index in [1.54, 1.807) is 12.1 Å². The molecule has 2 amide bonds. The summed E-state index contributed by atoms with van der Waals surface area (Å²) in [5.41, 5.74) is 8.78. The minimum atomic E-state index is -0.215. The molecule has 0 radical (unpaired) electrons. The first kappa shape index (κ1) is 18.2. The zero-order chi connectivity index (χ0) is 20.7. The van der Waals surface area contributed by atoms with Crippen LogP contribution in [0.4, 0.5) is 11.4 Å². The molecule has 0 saturated carbocycles. The number of anilines is 2. The molecule has 0 aliphatic carbocycles. The Labute approximate surface area is 174 Å². The number of carbonyl (C=O) groups excluding carboxylic acids is 2. The molecule has 0 unspecified atom stereocenters. The number of carbonyl (C=O) groups is 2. The Balaban J connectivity index is 1.27. The van der Waals surface area contributed by atoms with Gasteiger partial charge in [-0.05, 0) is 59.0 Å². The van der Waals surface area contributed by atoms with E-state index >= 15 is 0 Å². The summed E-state index contributed by atoms with van der Waals surface area (Å²) in [5.74, 6) is -0.430. The normalized spacial score (nSPS) is 13.3. The number of nitrogens with zero attached hydrogens (tertiary/aromatic N) is 1. The Morgan fingerprint density at radius 2 is 1.43 bits per heavy atom. The van der Waals surface area contributed by atoms with Gasteiger partial charge in [0.1, 0.15) is 0 Å². The molecule has 3 N–H and O–H groups in total. The predicted molar refractivity (Wildman–Crippen MR) is 121 cm³/mol. The van der Waals surface area contributed by atoms with Crippen molar-refractivity contribution in [1.82, 2.24) is 4.90 Å². The predicted octanol–water partition coefficient (Wildman–Crippen LogP) is 4.67. The van der Waals surface area contributed by atoms with Crippen LogP contribution in [0.15, 0.2) is 72.8 Å². The summed E-state index contributed by atoms with van der Waals surface area (Å²) >= 11 is 0. The minimum Gasteiger partial charge on any atom is -0.399 e. The Kier molecular flexibility index (Phi) is 4.36. The summed E-state index contributed by atoms with van der Waals surface area (Å²) in [7, 11) is 0. The summed E-state index contributed by atoms with van der Waals surface area (Å²) in [4.78, 5) is 27.2. The lowest BCUT2D eigenvalue weighted by molar-refractivity contribution is 0.0610. The molecule has 1 aliphatic rings. The van der Waals surface area contributed by atoms with Crippen LogP contribution in [-0.2, 0) is 0 Å². The quantitative estimate of drug-likeness (QED) is 0.292. The molecule has 0 bridgehead atoms. The topological polar surface area (TPSA) is 75.4 Å². The lowest BCUT2D eigenvalue weighted by atomic mass is 9.94. The van der Waals surface area contributed by atoms with E-state index < -0.39 is 0 Å². The highest BCUT2D eigenvalue weighted by Gasteiger charge is 2.31. The zero-order valence-corrected chi connectivity index (χ0v) is 16.4. The molecule has 30 heavy (non-hydrogen) atoms. The number of nitrogens with two attached hydrogens (primary N) is 1. The van der Waals surface area contributed by atoms with E-state index in [1.165, 1.54) is 4.90 Å². The maximum atomic E-state index is 12.9. The molecule has 0 saturated heterocycles. The van der Waals surface area contributed by atoms with E-state index in [0.29, 0.717) is 30.6 Å². The van der Waals surface area contributed by atoms with E-state index in [4.69, 9.17) is 5.73 Å². The number of benzene rings is 4. The molecule has 5 heteroatoms. The number of amides is 2. The van der Waals surface area contributed by atoms with Crippen molar-refractivity contribution in [2.75, 3.05) is 24.1 Å². The van der Waals surface area contributed by atoms with Gasteiger partial charge >= 0.3 is 0 Å². The number of imide groups is 1. The summed E-state index contributed by atoms with van der Waals surface area (Å²) in [6.45, 7) is 1.03. The van der Waals surface area contributed by atoms with Crippen molar-refractivity contribution >= 4 is 44.7 Å². The summed E-state index contributed by atoms with van der Waals surface area (Å²) < 4.78 is 0. The first-order valence-corrected chi connectivity index (χ1v) is 10.0. The number of hydrogen-bond acceptors (Lipinski definition) is 4. The number of rotatable bonds is 5. The van der Waals surface area contributed by atoms with Crippen molar-refractivity contribution in [1.29, 1.82) is 0 Å². The maximum Gasteiger partial charge on any atom is 0.261 e. The number of nitrogens with one attached hydrogen (secondary N) is 1. The molecule has 1 aliphatic heterocycles. The lowest BCUT2D eigenvalue weighted by Crippen LogP contribution is -2.41. The largest absolute Gasteiger partial charge is 0.399 e. The highest BCUT2D eigenvalue weighted by atomic mass is 16.2. The van der Waals surface area contributed by atoms with Crippen LogP contribution in [0.25, 0.3) is 21.5 Å². The van der Waals surface area contributed by atoms with E-state index in [9.17, 15) is 9.59 Å². The first-order valence-electron chi connectivity index (χ1n) is 10.0. The first-order chi connectivity index (χ1) is 14.6. The monoisotopic (exact) mass is 395 g/mol. The van der Waals surface area contributed by atoms with E-state index in [2.05, 4.69) is 11.4 Å². The molecular formula is C25H21N3O2. The number of hydrogen-bond donors (Lipinski definition) is 2. The average molecular weight is 395 g/mol. The van der Waals surface area contributed by atoms with Crippen LogP contribution in [0.3, 0.4) is 0 Å². The van der Waals surface area contributed by atoms with Gasteiger partial charge in [0.25, 0.3) is 11.8 Å². The Morgan fingerprint density at radius 1 is 0.767 bits per heavy atom. The van der Waals surface area contributed by atoms with Crippen molar-refractivity contribution in [2.45, 2.75) is 6.42 Å². The van der Waals surface area contributed by atoms with Crippen molar-refractivity contribution in [2.24, 2.45) is 0 Å². The van der Waals surface area contributed by atoms with E-state index in [-0.39, 0.29) is 11.8 Å². The van der Waals surface area contributed by atoms with Gasteiger partial charge in [-0.25, -0.2) is 0 Å². The van der Waals surface area contributed by atoms with Gasteiger partial charge < -0.3 is 11.1 Å². The van der Waals surface area contributed by atoms with Crippen LogP contribution in [0.5, 0.6) is 0 Å². The van der Waals surface area contributed by atoms with Gasteiger partial charge in [0, 0.05) is 41.0 Å². The summed E-state index contributed by atoms with van der Waals surface area (Å²) in [6, 6.07) is 23.1. The van der Waals surface area contributed by atoms with Crippen LogP contribution < -0.4 is 11.1 Å². The minimum absolute atomic E-state index is 0.215. The van der Waals surface area contributed by atoms with E-state index in [1.807, 2.05) is 54.6 Å². The third-order valence-electron chi connectivity index (χ3n) is 5.61. The van der Waals surface area contributed by atoms with Crippen molar-refractivity contribution in [3.8, 4) is 0 Å². The maximum absolute atomic E-state index is 12.9. The second-order valence-electron chi connectivity index (χ2n) is 7.57. The molecule has 1 heterocycles. The second-order valence-corrected chi connectivity index (χ2v) is 7.57. The standard InChI is InChI=1S/C25H21N3O2/c26-19-10-8-18-15-20(11-9-17(18)14-19)27-12-3-13-28-24(29)21-6-1-4-16-5-2-7-22(23(16)21)25(28)30/h1-2,4-11,14-15,27H,3,12-13,26H2. The van der Waals surface area contributed by atoms with Crippen LogP contribution in [0.2, 0.25) is 0 Å². The SMILES string of the molecule is Nc1ccc2cc(NCCCN3C(=O)c4cccc5cccc(c45)C3=O)ccc2c1. The van der Waals surface area contributed by atoms with Crippen LogP contribution in [0, 0.1) is 0 Å². The van der Waals surface area contributed by atoms with Gasteiger partial charge in [-0.3, -0.25) is 14.5 Å². The number of fused-ring (bicyclic) bond motifs is 1. The molecule has 148 valence electrons. The van der Waals surface area contributed by atoms with Crippen LogP contribution in [-0.4, -0.2) is 29.8 Å². The molecule has 5 rings (SSSR count). The molecule has 4 aromatic rings. The second kappa shape index (κ2) is 7.19. The molecular weight excluding hydrogens is 374 g/mol. The van der Waals surface area contributed by atoms with E-state index in [0.717, 1.165) is 32.9 Å². The lowest BCUT2D eigenvalue weighted by Gasteiger charge is -2.27. The average Bonchev–Trinajstić information content (AvgIpc) is 2.76. The Hall–Kier alpha value is -3.86. The highest BCUT2D eigenvalue weighted by molar-refractivity contribution is 6.25.